The van der Waals surface area contributed by atoms with Crippen molar-refractivity contribution in [2.45, 2.75) is 25.7 Å². The topological polar surface area (TPSA) is 62.5 Å². The van der Waals surface area contributed by atoms with Gasteiger partial charge >= 0.3 is 0 Å². The van der Waals surface area contributed by atoms with Gasteiger partial charge in [-0.05, 0) is 48.6 Å². The number of hydrogen-bond acceptors (Lipinski definition) is 6. The molecule has 0 unspecified atom stereocenters. The lowest BCUT2D eigenvalue weighted by Crippen LogP contribution is -2.35. The molecule has 152 valence electrons. The normalized spacial score (nSPS) is 14.8. The van der Waals surface area contributed by atoms with Crippen LogP contribution in [-0.4, -0.2) is 47.1 Å². The maximum Gasteiger partial charge on any atom is 0.226 e. The predicted molar refractivity (Wildman–Crippen MR) is 110 cm³/mol. The average molecular weight is 415 g/mol. The minimum Gasteiger partial charge on any atom is -0.370 e. The molecule has 3 aromatic rings. The van der Waals surface area contributed by atoms with Crippen LogP contribution in [0.4, 0.5) is 10.1 Å². The summed E-state index contributed by atoms with van der Waals surface area (Å²) in [5, 5.41) is 5.98. The van der Waals surface area contributed by atoms with E-state index in [2.05, 4.69) is 15.0 Å². The molecule has 0 bridgehead atoms. The molecule has 6 nitrogen and oxygen atoms in total. The zero-order chi connectivity index (χ0) is 20.1. The van der Waals surface area contributed by atoms with E-state index in [-0.39, 0.29) is 11.7 Å². The van der Waals surface area contributed by atoms with Crippen molar-refractivity contribution >= 4 is 22.9 Å². The van der Waals surface area contributed by atoms with Crippen LogP contribution >= 0.6 is 11.3 Å². The maximum atomic E-state index is 13.1. The number of halogens is 1. The van der Waals surface area contributed by atoms with Crippen molar-refractivity contribution in [3.63, 3.8) is 0 Å². The number of amides is 1. The van der Waals surface area contributed by atoms with Crippen LogP contribution in [0, 0.1) is 5.82 Å². The Kier molecular flexibility index (Phi) is 6.19. The molecule has 29 heavy (non-hydrogen) atoms. The molecule has 8 heteroatoms. The highest BCUT2D eigenvalue weighted by Crippen LogP contribution is 2.22. The number of nitrogens with zero attached hydrogens (tertiary/aromatic N) is 4. The fraction of sp³-hybridized carbons (Fsp3) is 0.381. The molecule has 1 aliphatic heterocycles. The second kappa shape index (κ2) is 9.17. The Balaban J connectivity index is 1.24. The molecule has 1 aromatic carbocycles. The van der Waals surface area contributed by atoms with Gasteiger partial charge in [0.05, 0.1) is 4.88 Å². The number of benzene rings is 1. The lowest BCUT2D eigenvalue weighted by atomic mass is 10.2. The highest BCUT2D eigenvalue weighted by molar-refractivity contribution is 7.13. The van der Waals surface area contributed by atoms with E-state index in [4.69, 9.17) is 4.52 Å². The van der Waals surface area contributed by atoms with Gasteiger partial charge in [0.2, 0.25) is 17.6 Å². The average Bonchev–Trinajstić information content (AvgIpc) is 3.36. The lowest BCUT2D eigenvalue weighted by molar-refractivity contribution is -0.131. The largest absolute Gasteiger partial charge is 0.370 e. The van der Waals surface area contributed by atoms with Crippen LogP contribution in [0.2, 0.25) is 0 Å². The van der Waals surface area contributed by atoms with Crippen LogP contribution in [0.1, 0.15) is 25.2 Å². The van der Waals surface area contributed by atoms with Gasteiger partial charge in [0.15, 0.2) is 0 Å². The smallest absolute Gasteiger partial charge is 0.226 e. The van der Waals surface area contributed by atoms with Gasteiger partial charge in [-0.25, -0.2) is 4.39 Å². The first-order chi connectivity index (χ1) is 14.2. The van der Waals surface area contributed by atoms with E-state index >= 15 is 0 Å². The molecule has 2 aromatic heterocycles. The SMILES string of the molecule is O=C(CCCc1nc(-c2cccs2)no1)N1CCCN(c2ccc(F)cc2)CC1. The van der Waals surface area contributed by atoms with Crippen LogP contribution in [0.3, 0.4) is 0 Å². The van der Waals surface area contributed by atoms with Crippen LogP contribution in [0.5, 0.6) is 0 Å². The summed E-state index contributed by atoms with van der Waals surface area (Å²) in [5.41, 5.74) is 0.999. The summed E-state index contributed by atoms with van der Waals surface area (Å²) in [7, 11) is 0. The summed E-state index contributed by atoms with van der Waals surface area (Å²) in [5.74, 6) is 1.10. The minimum atomic E-state index is -0.232. The van der Waals surface area contributed by atoms with E-state index in [0.29, 0.717) is 37.5 Å². The number of carbonyl (C=O) groups is 1. The molecule has 3 heterocycles. The summed E-state index contributed by atoms with van der Waals surface area (Å²) in [4.78, 5) is 22.1. The van der Waals surface area contributed by atoms with E-state index in [1.165, 1.54) is 12.1 Å². The van der Waals surface area contributed by atoms with Gasteiger partial charge in [0.1, 0.15) is 5.82 Å². The van der Waals surface area contributed by atoms with Crippen molar-refractivity contribution in [1.29, 1.82) is 0 Å². The van der Waals surface area contributed by atoms with Crippen molar-refractivity contribution in [1.82, 2.24) is 15.0 Å². The summed E-state index contributed by atoms with van der Waals surface area (Å²) < 4.78 is 18.4. The molecule has 0 radical (unpaired) electrons. The predicted octanol–water partition coefficient (Wildman–Crippen LogP) is 4.00. The highest BCUT2D eigenvalue weighted by Gasteiger charge is 2.19. The van der Waals surface area contributed by atoms with E-state index in [0.717, 1.165) is 36.6 Å². The maximum absolute atomic E-state index is 13.1. The first-order valence-corrected chi connectivity index (χ1v) is 10.7. The molecule has 0 atom stereocenters. The number of carbonyl (C=O) groups excluding carboxylic acids is 1. The fourth-order valence-electron chi connectivity index (χ4n) is 3.49. The third-order valence-electron chi connectivity index (χ3n) is 5.03. The van der Waals surface area contributed by atoms with Crippen molar-refractivity contribution < 1.29 is 13.7 Å². The Bertz CT molecular complexity index is 927. The van der Waals surface area contributed by atoms with E-state index in [9.17, 15) is 9.18 Å². The number of aryl methyl sites for hydroxylation is 1. The minimum absolute atomic E-state index is 0.156. The first kappa shape index (κ1) is 19.6. The standard InChI is InChI=1S/C21H23FN4O2S/c22-16-7-9-17(10-8-16)25-11-3-12-26(14-13-25)20(27)6-1-5-19-23-21(24-28-19)18-4-2-15-29-18/h2,4,7-10,15H,1,3,5-6,11-14H2. The van der Waals surface area contributed by atoms with Gasteiger partial charge < -0.3 is 14.3 Å². The highest BCUT2D eigenvalue weighted by atomic mass is 32.1. The van der Waals surface area contributed by atoms with Gasteiger partial charge in [-0.3, -0.25) is 4.79 Å². The Labute approximate surface area is 172 Å². The van der Waals surface area contributed by atoms with Crippen molar-refractivity contribution in [3.8, 4) is 10.7 Å². The van der Waals surface area contributed by atoms with Gasteiger partial charge in [0.25, 0.3) is 0 Å². The fourth-order valence-corrected chi connectivity index (χ4v) is 4.14. The lowest BCUT2D eigenvalue weighted by Gasteiger charge is -2.23. The molecular formula is C21H23FN4O2S. The second-order valence-corrected chi connectivity index (χ2v) is 7.99. The molecule has 0 aliphatic carbocycles. The van der Waals surface area contributed by atoms with Crippen LogP contribution in [0.25, 0.3) is 10.7 Å². The Morgan fingerprint density at radius 3 is 2.79 bits per heavy atom. The van der Waals surface area contributed by atoms with Crippen molar-refractivity contribution in [3.05, 3.63) is 53.5 Å². The molecule has 1 fully saturated rings. The van der Waals surface area contributed by atoms with Crippen molar-refractivity contribution in [2.75, 3.05) is 31.1 Å². The third-order valence-corrected chi connectivity index (χ3v) is 5.90. The number of hydrogen-bond donors (Lipinski definition) is 0. The number of rotatable bonds is 6. The zero-order valence-corrected chi connectivity index (χ0v) is 16.9. The quantitative estimate of drug-likeness (QED) is 0.610. The zero-order valence-electron chi connectivity index (χ0n) is 16.1. The summed E-state index contributed by atoms with van der Waals surface area (Å²) >= 11 is 1.57. The first-order valence-electron chi connectivity index (χ1n) is 9.84. The molecule has 1 aliphatic rings. The van der Waals surface area contributed by atoms with Gasteiger partial charge in [0, 0.05) is 44.7 Å². The molecule has 1 amide bonds. The number of aromatic nitrogens is 2. The molecule has 0 spiro atoms. The van der Waals surface area contributed by atoms with Crippen molar-refractivity contribution in [2.24, 2.45) is 0 Å². The Morgan fingerprint density at radius 2 is 2.00 bits per heavy atom. The Hall–Kier alpha value is -2.74. The van der Waals surface area contributed by atoms with Gasteiger partial charge in [-0.15, -0.1) is 11.3 Å². The van der Waals surface area contributed by atoms with Crippen LogP contribution in [-0.2, 0) is 11.2 Å². The van der Waals surface area contributed by atoms with Crippen LogP contribution in [0.15, 0.2) is 46.3 Å². The molecule has 0 saturated carbocycles. The molecule has 4 rings (SSSR count). The monoisotopic (exact) mass is 414 g/mol. The number of thiophene rings is 1. The molecule has 1 saturated heterocycles. The second-order valence-electron chi connectivity index (χ2n) is 7.04. The number of anilines is 1. The summed E-state index contributed by atoms with van der Waals surface area (Å²) in [6.45, 7) is 3.05. The van der Waals surface area contributed by atoms with E-state index < -0.39 is 0 Å². The van der Waals surface area contributed by atoms with E-state index in [1.807, 2.05) is 22.4 Å². The molecular weight excluding hydrogens is 391 g/mol. The molecule has 0 N–H and O–H groups in total. The summed E-state index contributed by atoms with van der Waals surface area (Å²) in [6, 6.07) is 10.4. The van der Waals surface area contributed by atoms with Gasteiger partial charge in [-0.1, -0.05) is 11.2 Å². The summed E-state index contributed by atoms with van der Waals surface area (Å²) in [6.07, 6.45) is 2.65. The third kappa shape index (κ3) is 5.00. The Morgan fingerprint density at radius 1 is 1.14 bits per heavy atom. The van der Waals surface area contributed by atoms with E-state index in [1.54, 1.807) is 23.5 Å². The van der Waals surface area contributed by atoms with Crippen LogP contribution < -0.4 is 4.90 Å². The van der Waals surface area contributed by atoms with Gasteiger partial charge in [-0.2, -0.15) is 4.98 Å².